The van der Waals surface area contributed by atoms with Crippen LogP contribution in [0.1, 0.15) is 120 Å². The summed E-state index contributed by atoms with van der Waals surface area (Å²) in [4.78, 5) is 9.47. The molecule has 1 saturated carbocycles. The third-order valence-electron chi connectivity index (χ3n) is 7.23. The Kier molecular flexibility index (Phi) is 11.8. The Labute approximate surface area is 202 Å². The van der Waals surface area contributed by atoms with Gasteiger partial charge in [0.05, 0.1) is 6.61 Å². The van der Waals surface area contributed by atoms with Crippen molar-refractivity contribution in [1.29, 1.82) is 0 Å². The van der Waals surface area contributed by atoms with Crippen LogP contribution in [0.15, 0.2) is 36.7 Å². The van der Waals surface area contributed by atoms with Crippen LogP contribution in [-0.4, -0.2) is 16.6 Å². The van der Waals surface area contributed by atoms with Gasteiger partial charge in [-0.15, -0.1) is 0 Å². The van der Waals surface area contributed by atoms with Crippen LogP contribution in [-0.2, 0) is 12.8 Å². The quantitative estimate of drug-likeness (QED) is 0.255. The average molecular weight is 451 g/mol. The molecule has 3 nitrogen and oxygen atoms in total. The van der Waals surface area contributed by atoms with E-state index in [9.17, 15) is 0 Å². The van der Waals surface area contributed by atoms with Gasteiger partial charge in [0.1, 0.15) is 11.6 Å². The van der Waals surface area contributed by atoms with E-state index in [0.29, 0.717) is 11.8 Å². The fourth-order valence-corrected chi connectivity index (χ4v) is 4.95. The minimum atomic E-state index is 0.520. The first-order valence-corrected chi connectivity index (χ1v) is 13.8. The second-order valence-corrected chi connectivity index (χ2v) is 10.1. The van der Waals surface area contributed by atoms with Crippen LogP contribution in [0.2, 0.25) is 0 Å². The van der Waals surface area contributed by atoms with Crippen LogP contribution in [0.4, 0.5) is 0 Å². The first-order valence-electron chi connectivity index (χ1n) is 13.8. The molecule has 0 saturated heterocycles. The fourth-order valence-electron chi connectivity index (χ4n) is 4.95. The van der Waals surface area contributed by atoms with Crippen LogP contribution in [0.25, 0.3) is 0 Å². The molecule has 182 valence electrons. The van der Waals surface area contributed by atoms with Gasteiger partial charge in [-0.05, 0) is 80.5 Å². The predicted molar refractivity (Wildman–Crippen MR) is 139 cm³/mol. The summed E-state index contributed by atoms with van der Waals surface area (Å²) in [6, 6.07) is 8.79. The van der Waals surface area contributed by atoms with E-state index < -0.39 is 0 Å². The summed E-state index contributed by atoms with van der Waals surface area (Å²) in [7, 11) is 0. The number of rotatable bonds is 15. The third-order valence-corrected chi connectivity index (χ3v) is 7.23. The number of ether oxygens (including phenoxy) is 1. The lowest BCUT2D eigenvalue weighted by Gasteiger charge is -2.27. The molecule has 0 radical (unpaired) electrons. The molecule has 1 aromatic heterocycles. The topological polar surface area (TPSA) is 35.0 Å². The van der Waals surface area contributed by atoms with Crippen molar-refractivity contribution in [3.63, 3.8) is 0 Å². The van der Waals surface area contributed by atoms with Crippen molar-refractivity contribution in [2.45, 2.75) is 116 Å². The normalized spacial score (nSPS) is 18.4. The van der Waals surface area contributed by atoms with Crippen LogP contribution in [0.5, 0.6) is 5.75 Å². The molecule has 1 heterocycles. The molecule has 1 aliphatic carbocycles. The number of aromatic nitrogens is 2. The highest BCUT2D eigenvalue weighted by atomic mass is 16.5. The summed E-state index contributed by atoms with van der Waals surface area (Å²) in [5.41, 5.74) is 2.73. The first-order chi connectivity index (χ1) is 16.3. The lowest BCUT2D eigenvalue weighted by molar-refractivity contribution is 0.198. The summed E-state index contributed by atoms with van der Waals surface area (Å²) in [5, 5.41) is 0. The maximum atomic E-state index is 6.13. The van der Waals surface area contributed by atoms with E-state index in [4.69, 9.17) is 14.7 Å². The molecule has 2 aromatic rings. The number of aryl methyl sites for hydroxylation is 2. The number of nitrogens with zero attached hydrogens (tertiary/aromatic N) is 2. The molecule has 1 aliphatic rings. The number of hydrogen-bond donors (Lipinski definition) is 0. The van der Waals surface area contributed by atoms with Gasteiger partial charge in [0, 0.05) is 18.3 Å². The van der Waals surface area contributed by atoms with E-state index in [-0.39, 0.29) is 0 Å². The molecular weight excluding hydrogens is 404 g/mol. The van der Waals surface area contributed by atoms with Crippen LogP contribution in [0.3, 0.4) is 0 Å². The maximum Gasteiger partial charge on any atom is 0.131 e. The molecule has 0 N–H and O–H groups in total. The van der Waals surface area contributed by atoms with Crippen LogP contribution in [0, 0.1) is 5.92 Å². The minimum absolute atomic E-state index is 0.520. The van der Waals surface area contributed by atoms with Crippen molar-refractivity contribution in [1.82, 2.24) is 9.97 Å². The standard InChI is InChI=1S/C30H46N2O/c1-3-5-7-9-11-13-27-22-31-30(32-23-27)28-18-14-26(15-19-28)24-33-29-20-16-25(17-21-29)12-10-8-6-4-2/h16-17,20-23,26,28H,3-15,18-19,24H2,1-2H3/t26-,28-. The van der Waals surface area contributed by atoms with Gasteiger partial charge in [-0.1, -0.05) is 70.9 Å². The molecule has 0 bridgehead atoms. The third kappa shape index (κ3) is 9.47. The Hall–Kier alpha value is -1.90. The van der Waals surface area contributed by atoms with Crippen molar-refractivity contribution in [3.05, 3.63) is 53.6 Å². The monoisotopic (exact) mass is 450 g/mol. The van der Waals surface area contributed by atoms with Gasteiger partial charge >= 0.3 is 0 Å². The van der Waals surface area contributed by atoms with Gasteiger partial charge in [-0.3, -0.25) is 0 Å². The van der Waals surface area contributed by atoms with Crippen molar-refractivity contribution in [2.24, 2.45) is 5.92 Å². The van der Waals surface area contributed by atoms with Crippen molar-refractivity contribution in [3.8, 4) is 5.75 Å². The molecule has 3 heteroatoms. The van der Waals surface area contributed by atoms with E-state index in [1.165, 1.54) is 101 Å². The van der Waals surface area contributed by atoms with Gasteiger partial charge in [0.15, 0.2) is 0 Å². The minimum Gasteiger partial charge on any atom is -0.493 e. The van der Waals surface area contributed by atoms with E-state index >= 15 is 0 Å². The molecule has 33 heavy (non-hydrogen) atoms. The van der Waals surface area contributed by atoms with E-state index in [0.717, 1.165) is 24.6 Å². The highest BCUT2D eigenvalue weighted by Gasteiger charge is 2.24. The smallest absolute Gasteiger partial charge is 0.131 e. The lowest BCUT2D eigenvalue weighted by Crippen LogP contribution is -2.20. The van der Waals surface area contributed by atoms with Crippen LogP contribution >= 0.6 is 0 Å². The zero-order valence-electron chi connectivity index (χ0n) is 21.2. The van der Waals surface area contributed by atoms with E-state index in [2.05, 4.69) is 50.5 Å². The molecule has 1 aromatic carbocycles. The summed E-state index contributed by atoms with van der Waals surface area (Å²) in [6.45, 7) is 5.36. The van der Waals surface area contributed by atoms with Gasteiger partial charge in [-0.25, -0.2) is 9.97 Å². The molecule has 0 atom stereocenters. The van der Waals surface area contributed by atoms with Crippen LogP contribution < -0.4 is 4.74 Å². The van der Waals surface area contributed by atoms with Gasteiger partial charge < -0.3 is 4.74 Å². The Balaban J connectivity index is 1.33. The highest BCUT2D eigenvalue weighted by molar-refractivity contribution is 5.27. The Morgan fingerprint density at radius 1 is 0.697 bits per heavy atom. The first kappa shape index (κ1) is 25.7. The summed E-state index contributed by atoms with van der Waals surface area (Å²) < 4.78 is 6.13. The molecule has 0 unspecified atom stereocenters. The molecule has 0 spiro atoms. The molecule has 1 fully saturated rings. The van der Waals surface area contributed by atoms with Crippen molar-refractivity contribution in [2.75, 3.05) is 6.61 Å². The molecule has 0 aliphatic heterocycles. The Bertz CT molecular complexity index is 748. The molecular formula is C30H46N2O. The zero-order chi connectivity index (χ0) is 23.1. The van der Waals surface area contributed by atoms with Gasteiger partial charge in [-0.2, -0.15) is 0 Å². The average Bonchev–Trinajstić information content (AvgIpc) is 2.87. The number of benzene rings is 1. The predicted octanol–water partition coefficient (Wildman–Crippen LogP) is 8.47. The van der Waals surface area contributed by atoms with Crippen molar-refractivity contribution >= 4 is 0 Å². The Morgan fingerprint density at radius 2 is 1.27 bits per heavy atom. The highest BCUT2D eigenvalue weighted by Crippen LogP contribution is 2.34. The summed E-state index contributed by atoms with van der Waals surface area (Å²) in [6.07, 6.45) is 23.1. The largest absolute Gasteiger partial charge is 0.493 e. The second-order valence-electron chi connectivity index (χ2n) is 10.1. The second kappa shape index (κ2) is 15.1. The van der Waals surface area contributed by atoms with E-state index in [1.54, 1.807) is 0 Å². The zero-order valence-corrected chi connectivity index (χ0v) is 21.2. The summed E-state index contributed by atoms with van der Waals surface area (Å²) >= 11 is 0. The maximum absolute atomic E-state index is 6.13. The number of unbranched alkanes of at least 4 members (excludes halogenated alkanes) is 7. The SMILES string of the molecule is CCCCCCCc1cnc([C@H]2CC[C@H](COc3ccc(CCCCCC)cc3)CC2)nc1. The van der Waals surface area contributed by atoms with E-state index in [1.807, 2.05) is 0 Å². The summed E-state index contributed by atoms with van der Waals surface area (Å²) in [5.74, 6) is 3.24. The fraction of sp³-hybridized carbons (Fsp3) is 0.667. The van der Waals surface area contributed by atoms with Gasteiger partial charge in [0.25, 0.3) is 0 Å². The van der Waals surface area contributed by atoms with Crippen molar-refractivity contribution < 1.29 is 4.74 Å². The Morgan fingerprint density at radius 3 is 1.91 bits per heavy atom. The lowest BCUT2D eigenvalue weighted by atomic mass is 9.82. The number of hydrogen-bond acceptors (Lipinski definition) is 3. The van der Waals surface area contributed by atoms with Gasteiger partial charge in [0.2, 0.25) is 0 Å². The molecule has 0 amide bonds. The molecule has 3 rings (SSSR count).